The molecule has 1 aliphatic rings. The Hall–Kier alpha value is -0.810. The summed E-state index contributed by atoms with van der Waals surface area (Å²) in [4.78, 5) is 17.4. The molecular formula is C8H11N3OS. The van der Waals surface area contributed by atoms with E-state index in [1.807, 2.05) is 7.05 Å². The number of hydrogen-bond acceptors (Lipinski definition) is 5. The molecule has 70 valence electrons. The summed E-state index contributed by atoms with van der Waals surface area (Å²) in [6.45, 7) is 1.83. The fraction of sp³-hybridized carbons (Fsp3) is 0.500. The van der Waals surface area contributed by atoms with Gasteiger partial charge in [-0.15, -0.1) is 12.6 Å². The number of rotatable bonds is 2. The zero-order valence-electron chi connectivity index (χ0n) is 7.37. The van der Waals surface area contributed by atoms with Gasteiger partial charge >= 0.3 is 5.56 Å². The van der Waals surface area contributed by atoms with Crippen LogP contribution in [0.3, 0.4) is 0 Å². The van der Waals surface area contributed by atoms with Crippen molar-refractivity contribution in [2.24, 2.45) is 0 Å². The summed E-state index contributed by atoms with van der Waals surface area (Å²) in [7, 11) is 2.05. The minimum atomic E-state index is -0.132. The Kier molecular flexibility index (Phi) is 2.13. The zero-order valence-corrected chi connectivity index (χ0v) is 8.27. The van der Waals surface area contributed by atoms with Crippen LogP contribution in [0, 0.1) is 0 Å². The number of anilines is 1. The molecule has 13 heavy (non-hydrogen) atoms. The average Bonchev–Trinajstić information content (AvgIpc) is 2.73. The molecule has 4 nitrogen and oxygen atoms in total. The van der Waals surface area contributed by atoms with Gasteiger partial charge in [-0.1, -0.05) is 0 Å². The SMILES string of the molecule is CN1CCC(Nc2nc2=O)=C(S)C1. The van der Waals surface area contributed by atoms with Gasteiger partial charge in [-0.05, 0) is 7.05 Å². The number of hydrogen-bond donors (Lipinski definition) is 2. The monoisotopic (exact) mass is 197 g/mol. The highest BCUT2D eigenvalue weighted by Crippen LogP contribution is 2.20. The van der Waals surface area contributed by atoms with E-state index in [1.54, 1.807) is 0 Å². The lowest BCUT2D eigenvalue weighted by Crippen LogP contribution is -2.28. The van der Waals surface area contributed by atoms with Gasteiger partial charge in [0.2, 0.25) is 5.82 Å². The molecule has 0 unspecified atom stereocenters. The summed E-state index contributed by atoms with van der Waals surface area (Å²) in [6.07, 6.45) is 0.904. The molecule has 0 bridgehead atoms. The van der Waals surface area contributed by atoms with Crippen LogP contribution in [0.2, 0.25) is 0 Å². The van der Waals surface area contributed by atoms with Crippen molar-refractivity contribution in [2.45, 2.75) is 6.42 Å². The van der Waals surface area contributed by atoms with Crippen molar-refractivity contribution in [3.8, 4) is 0 Å². The molecule has 0 saturated carbocycles. The van der Waals surface area contributed by atoms with Gasteiger partial charge in [0.25, 0.3) is 0 Å². The van der Waals surface area contributed by atoms with E-state index < -0.39 is 0 Å². The van der Waals surface area contributed by atoms with Gasteiger partial charge < -0.3 is 10.2 Å². The van der Waals surface area contributed by atoms with E-state index in [0.29, 0.717) is 5.82 Å². The normalized spacial score (nSPS) is 19.8. The second-order valence-corrected chi connectivity index (χ2v) is 3.84. The topological polar surface area (TPSA) is 45.2 Å². The van der Waals surface area contributed by atoms with Crippen molar-refractivity contribution < 1.29 is 0 Å². The maximum absolute atomic E-state index is 10.6. The van der Waals surface area contributed by atoms with Crippen molar-refractivity contribution in [3.63, 3.8) is 0 Å². The van der Waals surface area contributed by atoms with Crippen LogP contribution in [0.25, 0.3) is 0 Å². The lowest BCUT2D eigenvalue weighted by atomic mass is 10.2. The van der Waals surface area contributed by atoms with Crippen LogP contribution < -0.4 is 10.9 Å². The Morgan fingerprint density at radius 3 is 2.85 bits per heavy atom. The fourth-order valence-corrected chi connectivity index (χ4v) is 1.72. The van der Waals surface area contributed by atoms with Crippen molar-refractivity contribution in [3.05, 3.63) is 21.0 Å². The lowest BCUT2D eigenvalue weighted by molar-refractivity contribution is 0.357. The minimum absolute atomic E-state index is 0.132. The van der Waals surface area contributed by atoms with Gasteiger partial charge in [0.05, 0.1) is 0 Å². The van der Waals surface area contributed by atoms with Crippen LogP contribution in [0.1, 0.15) is 6.42 Å². The molecule has 1 aliphatic heterocycles. The fourth-order valence-electron chi connectivity index (χ4n) is 1.31. The molecule has 2 heterocycles. The largest absolute Gasteiger partial charge is 0.338 e. The average molecular weight is 197 g/mol. The molecule has 1 N–H and O–H groups in total. The van der Waals surface area contributed by atoms with E-state index in [2.05, 4.69) is 27.8 Å². The van der Waals surface area contributed by atoms with E-state index in [-0.39, 0.29) is 5.56 Å². The first-order valence-corrected chi connectivity index (χ1v) is 4.61. The molecule has 5 heteroatoms. The smallest absolute Gasteiger partial charge is 0.315 e. The van der Waals surface area contributed by atoms with E-state index in [4.69, 9.17) is 0 Å². The van der Waals surface area contributed by atoms with Gasteiger partial charge in [-0.2, -0.15) is 4.98 Å². The molecular weight excluding hydrogens is 186 g/mol. The van der Waals surface area contributed by atoms with Crippen molar-refractivity contribution in [1.82, 2.24) is 9.88 Å². The Morgan fingerprint density at radius 1 is 1.62 bits per heavy atom. The quantitative estimate of drug-likeness (QED) is 0.665. The van der Waals surface area contributed by atoms with Crippen LogP contribution >= 0.6 is 12.6 Å². The second-order valence-electron chi connectivity index (χ2n) is 3.30. The molecule has 0 atom stereocenters. The maximum atomic E-state index is 10.6. The molecule has 0 radical (unpaired) electrons. The highest BCUT2D eigenvalue weighted by molar-refractivity contribution is 7.84. The third kappa shape index (κ3) is 1.92. The van der Waals surface area contributed by atoms with E-state index >= 15 is 0 Å². The first kappa shape index (κ1) is 8.77. The van der Waals surface area contributed by atoms with Crippen LogP contribution in [-0.2, 0) is 0 Å². The third-order valence-electron chi connectivity index (χ3n) is 2.15. The standard InChI is InChI=1S/C8H11N3OS/c1-11-3-2-5(6(13)4-11)9-7-8(12)10-7/h13H,2-4H2,1H3,(H,9,10,12). The highest BCUT2D eigenvalue weighted by atomic mass is 32.1. The highest BCUT2D eigenvalue weighted by Gasteiger charge is 2.18. The first-order valence-electron chi connectivity index (χ1n) is 4.16. The molecule has 0 fully saturated rings. The van der Waals surface area contributed by atoms with Crippen LogP contribution in [-0.4, -0.2) is 30.0 Å². The molecule has 2 rings (SSSR count). The van der Waals surface area contributed by atoms with Gasteiger partial charge in [-0.25, -0.2) is 0 Å². The van der Waals surface area contributed by atoms with Crippen molar-refractivity contribution in [1.29, 1.82) is 0 Å². The van der Waals surface area contributed by atoms with E-state index in [0.717, 1.165) is 30.1 Å². The molecule has 0 saturated heterocycles. The van der Waals surface area contributed by atoms with Crippen LogP contribution in [0.5, 0.6) is 0 Å². The Labute approximate surface area is 81.7 Å². The predicted octanol–water partition coefficient (Wildman–Crippen LogP) is 0.206. The van der Waals surface area contributed by atoms with Crippen LogP contribution in [0.4, 0.5) is 5.82 Å². The second kappa shape index (κ2) is 3.16. The molecule has 0 spiro atoms. The number of likely N-dealkylation sites (N-methyl/N-ethyl adjacent to an activating group) is 1. The summed E-state index contributed by atoms with van der Waals surface area (Å²) >= 11 is 4.36. The predicted molar refractivity (Wildman–Crippen MR) is 54.6 cm³/mol. The number of nitrogens with zero attached hydrogens (tertiary/aromatic N) is 2. The third-order valence-corrected chi connectivity index (χ3v) is 2.56. The van der Waals surface area contributed by atoms with E-state index in [9.17, 15) is 4.79 Å². The Morgan fingerprint density at radius 2 is 2.31 bits per heavy atom. The van der Waals surface area contributed by atoms with Gasteiger partial charge in [0.15, 0.2) is 0 Å². The summed E-state index contributed by atoms with van der Waals surface area (Å²) in [6, 6.07) is 0. The molecule has 1 aromatic rings. The minimum Gasteiger partial charge on any atom is -0.338 e. The summed E-state index contributed by atoms with van der Waals surface area (Å²) in [5.41, 5.74) is 0.901. The first-order chi connectivity index (χ1) is 6.16. The molecule has 1 aromatic heterocycles. The summed E-state index contributed by atoms with van der Waals surface area (Å²) < 4.78 is 0. The Bertz CT molecular complexity index is 364. The van der Waals surface area contributed by atoms with Gasteiger partial charge in [-0.3, -0.25) is 4.79 Å². The van der Waals surface area contributed by atoms with Crippen molar-refractivity contribution >= 4 is 18.4 Å². The number of nitrogens with one attached hydrogen (secondary N) is 1. The number of thiol groups is 1. The van der Waals surface area contributed by atoms with Crippen molar-refractivity contribution in [2.75, 3.05) is 25.5 Å². The Balaban J connectivity index is 2.06. The molecule has 0 aromatic carbocycles. The summed E-state index contributed by atoms with van der Waals surface area (Å²) in [5.74, 6) is 0.478. The van der Waals surface area contributed by atoms with Gasteiger partial charge in [0.1, 0.15) is 0 Å². The summed E-state index contributed by atoms with van der Waals surface area (Å²) in [5, 5.41) is 2.99. The number of aromatic nitrogens is 1. The maximum Gasteiger partial charge on any atom is 0.315 e. The molecule has 0 amide bonds. The van der Waals surface area contributed by atoms with E-state index in [1.165, 1.54) is 0 Å². The lowest BCUT2D eigenvalue weighted by Gasteiger charge is -2.24. The molecule has 0 aliphatic carbocycles. The zero-order chi connectivity index (χ0) is 9.42. The van der Waals surface area contributed by atoms with Gasteiger partial charge in [0, 0.05) is 30.1 Å². The van der Waals surface area contributed by atoms with Crippen LogP contribution in [0.15, 0.2) is 15.4 Å².